The van der Waals surface area contributed by atoms with Gasteiger partial charge in [0.05, 0.1) is 13.7 Å². The molecule has 2 N–H and O–H groups in total. The number of benzene rings is 3. The van der Waals surface area contributed by atoms with E-state index in [2.05, 4.69) is 10.6 Å². The summed E-state index contributed by atoms with van der Waals surface area (Å²) in [6.07, 6.45) is 0. The van der Waals surface area contributed by atoms with Crippen molar-refractivity contribution in [1.82, 2.24) is 4.90 Å². The van der Waals surface area contributed by atoms with E-state index < -0.39 is 6.04 Å². The monoisotopic (exact) mass is 421 g/mol. The van der Waals surface area contributed by atoms with Crippen molar-refractivity contribution >= 4 is 23.2 Å². The van der Waals surface area contributed by atoms with E-state index in [0.717, 1.165) is 5.56 Å². The Morgan fingerprint density at radius 1 is 0.903 bits per heavy atom. The summed E-state index contributed by atoms with van der Waals surface area (Å²) in [4.78, 5) is 27.3. The number of nitrogens with zero attached hydrogens (tertiary/aromatic N) is 1. The zero-order valence-corrected chi connectivity index (χ0v) is 17.3. The molecule has 0 heterocycles. The summed E-state index contributed by atoms with van der Waals surface area (Å²) in [5.74, 6) is -0.276. The van der Waals surface area contributed by atoms with Crippen LogP contribution in [0, 0.1) is 5.82 Å². The second-order valence-electron chi connectivity index (χ2n) is 7.00. The normalized spacial score (nSPS) is 11.6. The van der Waals surface area contributed by atoms with E-state index in [4.69, 9.17) is 4.74 Å². The lowest BCUT2D eigenvalue weighted by atomic mass is 10.0. The van der Waals surface area contributed by atoms with Gasteiger partial charge in [0.2, 0.25) is 11.8 Å². The average Bonchev–Trinajstić information content (AvgIpc) is 2.76. The topological polar surface area (TPSA) is 70.7 Å². The van der Waals surface area contributed by atoms with Crippen molar-refractivity contribution in [2.75, 3.05) is 31.3 Å². The number of carbonyl (C=O) groups excluding carboxylic acids is 2. The maximum atomic E-state index is 13.2. The number of anilines is 2. The summed E-state index contributed by atoms with van der Waals surface area (Å²) in [5.41, 5.74) is 1.84. The molecule has 7 heteroatoms. The van der Waals surface area contributed by atoms with E-state index in [1.165, 1.54) is 24.3 Å². The van der Waals surface area contributed by atoms with E-state index in [1.54, 1.807) is 43.3 Å². The quantitative estimate of drug-likeness (QED) is 0.575. The van der Waals surface area contributed by atoms with Gasteiger partial charge in [0.25, 0.3) is 0 Å². The summed E-state index contributed by atoms with van der Waals surface area (Å²) in [6, 6.07) is 21.0. The molecule has 3 rings (SSSR count). The summed E-state index contributed by atoms with van der Waals surface area (Å²) in [7, 11) is 3.28. The van der Waals surface area contributed by atoms with E-state index in [9.17, 15) is 14.0 Å². The Labute approximate surface area is 180 Å². The van der Waals surface area contributed by atoms with Gasteiger partial charge in [-0.05, 0) is 61.1 Å². The number of halogens is 1. The smallest absolute Gasteiger partial charge is 0.246 e. The first kappa shape index (κ1) is 22.0. The van der Waals surface area contributed by atoms with Crippen LogP contribution in [0.5, 0.6) is 5.75 Å². The van der Waals surface area contributed by atoms with E-state index in [0.29, 0.717) is 17.1 Å². The molecular formula is C24H24FN3O3. The highest BCUT2D eigenvalue weighted by Gasteiger charge is 2.26. The highest BCUT2D eigenvalue weighted by Crippen LogP contribution is 2.22. The van der Waals surface area contributed by atoms with Gasteiger partial charge in [0.1, 0.15) is 17.6 Å². The van der Waals surface area contributed by atoms with Crippen LogP contribution in [-0.2, 0) is 9.59 Å². The number of amides is 2. The van der Waals surface area contributed by atoms with Crippen molar-refractivity contribution in [1.29, 1.82) is 0 Å². The van der Waals surface area contributed by atoms with Crippen molar-refractivity contribution < 1.29 is 18.7 Å². The molecule has 0 unspecified atom stereocenters. The van der Waals surface area contributed by atoms with Gasteiger partial charge in [-0.25, -0.2) is 4.39 Å². The number of likely N-dealkylation sites (N-methyl/N-ethyl adjacent to an activating group) is 1. The Balaban J connectivity index is 1.72. The lowest BCUT2D eigenvalue weighted by Crippen LogP contribution is -2.39. The van der Waals surface area contributed by atoms with Crippen molar-refractivity contribution in [3.05, 3.63) is 90.2 Å². The van der Waals surface area contributed by atoms with Gasteiger partial charge < -0.3 is 15.4 Å². The number of nitrogens with one attached hydrogen (secondary N) is 2. The Morgan fingerprint density at radius 2 is 1.48 bits per heavy atom. The molecule has 0 radical (unpaired) electrons. The highest BCUT2D eigenvalue weighted by molar-refractivity contribution is 5.97. The first-order chi connectivity index (χ1) is 15.0. The predicted molar refractivity (Wildman–Crippen MR) is 118 cm³/mol. The zero-order chi connectivity index (χ0) is 22.2. The minimum atomic E-state index is -0.715. The third kappa shape index (κ3) is 6.13. The fourth-order valence-corrected chi connectivity index (χ4v) is 3.18. The van der Waals surface area contributed by atoms with Crippen LogP contribution in [-0.4, -0.2) is 37.4 Å². The second kappa shape index (κ2) is 10.4. The molecule has 2 amide bonds. The van der Waals surface area contributed by atoms with Crippen molar-refractivity contribution in [3.63, 3.8) is 0 Å². The van der Waals surface area contributed by atoms with E-state index in [-0.39, 0.29) is 24.2 Å². The van der Waals surface area contributed by atoms with Gasteiger partial charge in [-0.15, -0.1) is 0 Å². The van der Waals surface area contributed by atoms with Crippen LogP contribution in [0.1, 0.15) is 11.6 Å². The number of ether oxygens (including phenoxy) is 1. The minimum absolute atomic E-state index is 0.0115. The second-order valence-corrected chi connectivity index (χ2v) is 7.00. The molecule has 0 aliphatic heterocycles. The molecule has 1 atom stereocenters. The third-order valence-electron chi connectivity index (χ3n) is 4.68. The van der Waals surface area contributed by atoms with Gasteiger partial charge in [-0.2, -0.15) is 0 Å². The predicted octanol–water partition coefficient (Wildman–Crippen LogP) is 4.08. The molecule has 0 aliphatic carbocycles. The van der Waals surface area contributed by atoms with Gasteiger partial charge in [0.15, 0.2) is 0 Å². The molecule has 0 saturated carbocycles. The zero-order valence-electron chi connectivity index (χ0n) is 17.3. The first-order valence-corrected chi connectivity index (χ1v) is 9.72. The van der Waals surface area contributed by atoms with Gasteiger partial charge in [-0.3, -0.25) is 14.5 Å². The average molecular weight is 421 g/mol. The molecule has 31 heavy (non-hydrogen) atoms. The Morgan fingerprint density at radius 3 is 2.10 bits per heavy atom. The maximum Gasteiger partial charge on any atom is 0.246 e. The summed E-state index contributed by atoms with van der Waals surface area (Å²) >= 11 is 0. The van der Waals surface area contributed by atoms with Gasteiger partial charge >= 0.3 is 0 Å². The largest absolute Gasteiger partial charge is 0.497 e. The molecule has 3 aromatic carbocycles. The molecule has 3 aromatic rings. The summed E-state index contributed by atoms with van der Waals surface area (Å²) in [6.45, 7) is -0.0115. The fraction of sp³-hybridized carbons (Fsp3) is 0.167. The fourth-order valence-electron chi connectivity index (χ4n) is 3.18. The molecule has 0 spiro atoms. The van der Waals surface area contributed by atoms with E-state index >= 15 is 0 Å². The Kier molecular flexibility index (Phi) is 7.35. The number of hydrogen-bond acceptors (Lipinski definition) is 4. The molecule has 0 bridgehead atoms. The molecule has 0 fully saturated rings. The number of carbonyl (C=O) groups is 2. The number of rotatable bonds is 8. The van der Waals surface area contributed by atoms with Crippen LogP contribution < -0.4 is 15.4 Å². The Bertz CT molecular complexity index is 1010. The van der Waals surface area contributed by atoms with Crippen LogP contribution >= 0.6 is 0 Å². The molecule has 160 valence electrons. The molecule has 0 aromatic heterocycles. The summed E-state index contributed by atoms with van der Waals surface area (Å²) in [5, 5.41) is 5.61. The minimum Gasteiger partial charge on any atom is -0.497 e. The molecular weight excluding hydrogens is 397 g/mol. The van der Waals surface area contributed by atoms with Crippen molar-refractivity contribution in [3.8, 4) is 5.75 Å². The lowest BCUT2D eigenvalue weighted by Gasteiger charge is -2.27. The molecule has 6 nitrogen and oxygen atoms in total. The van der Waals surface area contributed by atoms with Crippen LogP contribution in [0.3, 0.4) is 0 Å². The molecule has 0 saturated heterocycles. The number of methoxy groups -OCH3 is 1. The van der Waals surface area contributed by atoms with E-state index in [1.807, 2.05) is 30.3 Å². The standard InChI is InChI=1S/C24H24FN3O3/c1-28(16-22(29)26-19-12-14-21(31-2)15-13-19)23(17-6-4-3-5-7-17)24(30)27-20-10-8-18(25)9-11-20/h3-15,23H,16H2,1-2H3,(H,26,29)(H,27,30)/t23-/m0/s1. The lowest BCUT2D eigenvalue weighted by molar-refractivity contribution is -0.123. The van der Waals surface area contributed by atoms with Crippen molar-refractivity contribution in [2.45, 2.75) is 6.04 Å². The van der Waals surface area contributed by atoms with Gasteiger partial charge in [0, 0.05) is 11.4 Å². The highest BCUT2D eigenvalue weighted by atomic mass is 19.1. The van der Waals surface area contributed by atoms with Crippen LogP contribution in [0.4, 0.5) is 15.8 Å². The molecule has 0 aliphatic rings. The maximum absolute atomic E-state index is 13.2. The van der Waals surface area contributed by atoms with Crippen LogP contribution in [0.15, 0.2) is 78.9 Å². The van der Waals surface area contributed by atoms with Crippen LogP contribution in [0.2, 0.25) is 0 Å². The summed E-state index contributed by atoms with van der Waals surface area (Å²) < 4.78 is 18.3. The van der Waals surface area contributed by atoms with Crippen molar-refractivity contribution in [2.24, 2.45) is 0 Å². The van der Waals surface area contributed by atoms with Crippen LogP contribution in [0.25, 0.3) is 0 Å². The van der Waals surface area contributed by atoms with Gasteiger partial charge in [-0.1, -0.05) is 30.3 Å². The first-order valence-electron chi connectivity index (χ1n) is 9.72. The number of hydrogen-bond donors (Lipinski definition) is 2. The Hall–Kier alpha value is -3.71. The SMILES string of the molecule is COc1ccc(NC(=O)CN(C)[C@H](C(=O)Nc2ccc(F)cc2)c2ccccc2)cc1. The third-order valence-corrected chi connectivity index (χ3v) is 4.68.